The van der Waals surface area contributed by atoms with E-state index in [9.17, 15) is 4.79 Å². The highest BCUT2D eigenvalue weighted by Gasteiger charge is 2.16. The van der Waals surface area contributed by atoms with Gasteiger partial charge < -0.3 is 24.8 Å². The standard InChI is InChI=1S/C22H28N6O2/c1-5-28-15-24-26-21(28)17-9-6-10-18(12-17)25-22(29)23-14-20(27(2)3)16-8-7-11-19(13-16)30-4/h6-13,15,20H,5,14H2,1-4H3,(H2,23,25,29)/t20-/m1/s1. The molecule has 3 rings (SSSR count). The predicted molar refractivity (Wildman–Crippen MR) is 118 cm³/mol. The van der Waals surface area contributed by atoms with Crippen molar-refractivity contribution in [2.75, 3.05) is 33.1 Å². The van der Waals surface area contributed by atoms with E-state index in [-0.39, 0.29) is 12.1 Å². The van der Waals surface area contributed by atoms with Gasteiger partial charge in [0.15, 0.2) is 5.82 Å². The van der Waals surface area contributed by atoms with Gasteiger partial charge in [-0.15, -0.1) is 10.2 Å². The lowest BCUT2D eigenvalue weighted by molar-refractivity contribution is 0.243. The van der Waals surface area contributed by atoms with Crippen molar-refractivity contribution in [1.82, 2.24) is 25.0 Å². The van der Waals surface area contributed by atoms with Crippen molar-refractivity contribution in [3.8, 4) is 17.1 Å². The normalized spacial score (nSPS) is 11.9. The zero-order chi connectivity index (χ0) is 21.5. The molecule has 0 saturated carbocycles. The second kappa shape index (κ2) is 9.89. The molecule has 0 spiro atoms. The number of hydrogen-bond donors (Lipinski definition) is 2. The van der Waals surface area contributed by atoms with E-state index in [1.54, 1.807) is 13.4 Å². The third kappa shape index (κ3) is 5.15. The van der Waals surface area contributed by atoms with Gasteiger partial charge in [-0.1, -0.05) is 24.3 Å². The summed E-state index contributed by atoms with van der Waals surface area (Å²) in [5.41, 5.74) is 2.66. The van der Waals surface area contributed by atoms with Crippen molar-refractivity contribution in [3.05, 3.63) is 60.4 Å². The summed E-state index contributed by atoms with van der Waals surface area (Å²) in [6.07, 6.45) is 1.70. The van der Waals surface area contributed by atoms with Crippen LogP contribution >= 0.6 is 0 Å². The molecule has 1 heterocycles. The number of aryl methyl sites for hydroxylation is 1. The lowest BCUT2D eigenvalue weighted by atomic mass is 10.1. The highest BCUT2D eigenvalue weighted by molar-refractivity contribution is 5.90. The average molecular weight is 409 g/mol. The first kappa shape index (κ1) is 21.3. The highest BCUT2D eigenvalue weighted by atomic mass is 16.5. The third-order valence-electron chi connectivity index (χ3n) is 4.89. The number of rotatable bonds is 8. The zero-order valence-electron chi connectivity index (χ0n) is 17.8. The molecule has 1 aromatic heterocycles. The number of carbonyl (C=O) groups excluding carboxylic acids is 1. The second-order valence-electron chi connectivity index (χ2n) is 7.11. The summed E-state index contributed by atoms with van der Waals surface area (Å²) in [4.78, 5) is 14.6. The van der Waals surface area contributed by atoms with E-state index >= 15 is 0 Å². The molecule has 2 amide bonds. The molecular formula is C22H28N6O2. The van der Waals surface area contributed by atoms with Crippen LogP contribution in [-0.2, 0) is 6.54 Å². The maximum atomic E-state index is 12.5. The van der Waals surface area contributed by atoms with Gasteiger partial charge in [0.1, 0.15) is 12.1 Å². The van der Waals surface area contributed by atoms with Crippen molar-refractivity contribution < 1.29 is 9.53 Å². The maximum absolute atomic E-state index is 12.5. The largest absolute Gasteiger partial charge is 0.497 e. The number of methoxy groups -OCH3 is 1. The number of aromatic nitrogens is 3. The molecule has 0 bridgehead atoms. The first-order chi connectivity index (χ1) is 14.5. The summed E-state index contributed by atoms with van der Waals surface area (Å²) >= 11 is 0. The van der Waals surface area contributed by atoms with E-state index in [2.05, 4.69) is 25.7 Å². The highest BCUT2D eigenvalue weighted by Crippen LogP contribution is 2.23. The molecule has 2 aromatic carbocycles. The van der Waals surface area contributed by atoms with Gasteiger partial charge >= 0.3 is 6.03 Å². The zero-order valence-corrected chi connectivity index (χ0v) is 17.8. The smallest absolute Gasteiger partial charge is 0.319 e. The number of urea groups is 1. The molecule has 0 aliphatic rings. The predicted octanol–water partition coefficient (Wildman–Crippen LogP) is 3.40. The van der Waals surface area contributed by atoms with E-state index in [1.165, 1.54) is 0 Å². The number of anilines is 1. The Morgan fingerprint density at radius 1 is 1.20 bits per heavy atom. The van der Waals surface area contributed by atoms with Crippen LogP contribution in [0.4, 0.5) is 10.5 Å². The summed E-state index contributed by atoms with van der Waals surface area (Å²) in [6.45, 7) is 3.26. The number of nitrogens with one attached hydrogen (secondary N) is 2. The lowest BCUT2D eigenvalue weighted by Gasteiger charge is -2.25. The first-order valence-corrected chi connectivity index (χ1v) is 9.85. The van der Waals surface area contributed by atoms with Crippen LogP contribution in [0.25, 0.3) is 11.4 Å². The Hall–Kier alpha value is -3.39. The van der Waals surface area contributed by atoms with E-state index in [0.717, 1.165) is 29.2 Å². The molecular weight excluding hydrogens is 380 g/mol. The Morgan fingerprint density at radius 2 is 2.00 bits per heavy atom. The molecule has 30 heavy (non-hydrogen) atoms. The average Bonchev–Trinajstić information content (AvgIpc) is 3.23. The number of benzene rings is 2. The van der Waals surface area contributed by atoms with Gasteiger partial charge in [-0.3, -0.25) is 0 Å². The van der Waals surface area contributed by atoms with Crippen LogP contribution in [0.1, 0.15) is 18.5 Å². The molecule has 1 atom stereocenters. The number of ether oxygens (including phenoxy) is 1. The fraction of sp³-hybridized carbons (Fsp3) is 0.318. The quantitative estimate of drug-likeness (QED) is 0.597. The second-order valence-corrected chi connectivity index (χ2v) is 7.11. The number of hydrogen-bond acceptors (Lipinski definition) is 5. The number of amides is 2. The molecule has 158 valence electrons. The van der Waals surface area contributed by atoms with E-state index in [4.69, 9.17) is 4.74 Å². The van der Waals surface area contributed by atoms with E-state index in [1.807, 2.05) is 74.1 Å². The van der Waals surface area contributed by atoms with Crippen molar-refractivity contribution in [2.24, 2.45) is 0 Å². The van der Waals surface area contributed by atoms with E-state index in [0.29, 0.717) is 12.2 Å². The van der Waals surface area contributed by atoms with Gasteiger partial charge in [-0.05, 0) is 50.8 Å². The minimum atomic E-state index is -0.265. The SMILES string of the molecule is CCn1cnnc1-c1cccc(NC(=O)NC[C@H](c2cccc(OC)c2)N(C)C)c1. The van der Waals surface area contributed by atoms with Crippen molar-refractivity contribution >= 4 is 11.7 Å². The number of carbonyl (C=O) groups is 1. The van der Waals surface area contributed by atoms with Crippen LogP contribution < -0.4 is 15.4 Å². The molecule has 3 aromatic rings. The van der Waals surface area contributed by atoms with Crippen LogP contribution in [0.5, 0.6) is 5.75 Å². The summed E-state index contributed by atoms with van der Waals surface area (Å²) in [5, 5.41) is 14.0. The van der Waals surface area contributed by atoms with Gasteiger partial charge in [0, 0.05) is 24.3 Å². The van der Waals surface area contributed by atoms with Gasteiger partial charge in [-0.25, -0.2) is 4.79 Å². The van der Waals surface area contributed by atoms with Crippen LogP contribution in [0, 0.1) is 0 Å². The summed E-state index contributed by atoms with van der Waals surface area (Å²) in [7, 11) is 5.61. The lowest BCUT2D eigenvalue weighted by Crippen LogP contribution is -2.36. The van der Waals surface area contributed by atoms with Crippen LogP contribution in [0.15, 0.2) is 54.9 Å². The minimum absolute atomic E-state index is 0.0142. The maximum Gasteiger partial charge on any atom is 0.319 e. The van der Waals surface area contributed by atoms with Gasteiger partial charge in [0.2, 0.25) is 0 Å². The Labute approximate surface area is 176 Å². The Morgan fingerprint density at radius 3 is 2.73 bits per heavy atom. The van der Waals surface area contributed by atoms with Crippen LogP contribution in [0.2, 0.25) is 0 Å². The summed E-state index contributed by atoms with van der Waals surface area (Å²) < 4.78 is 7.27. The molecule has 8 heteroatoms. The molecule has 0 aliphatic heterocycles. The Bertz CT molecular complexity index is 985. The van der Waals surface area contributed by atoms with Crippen molar-refractivity contribution in [2.45, 2.75) is 19.5 Å². The third-order valence-corrected chi connectivity index (χ3v) is 4.89. The Balaban J connectivity index is 1.65. The molecule has 0 aliphatic carbocycles. The monoisotopic (exact) mass is 408 g/mol. The van der Waals surface area contributed by atoms with Crippen LogP contribution in [-0.4, -0.2) is 53.4 Å². The summed E-state index contributed by atoms with van der Waals surface area (Å²) in [5.74, 6) is 1.56. The Kier molecular flexibility index (Phi) is 7.03. The summed E-state index contributed by atoms with van der Waals surface area (Å²) in [6, 6.07) is 15.2. The molecule has 0 saturated heterocycles. The molecule has 0 radical (unpaired) electrons. The first-order valence-electron chi connectivity index (χ1n) is 9.85. The van der Waals surface area contributed by atoms with Gasteiger partial charge in [0.25, 0.3) is 0 Å². The fourth-order valence-corrected chi connectivity index (χ4v) is 3.26. The molecule has 0 unspecified atom stereocenters. The van der Waals surface area contributed by atoms with Gasteiger partial charge in [-0.2, -0.15) is 0 Å². The number of nitrogens with zero attached hydrogens (tertiary/aromatic N) is 4. The van der Waals surface area contributed by atoms with Crippen molar-refractivity contribution in [1.29, 1.82) is 0 Å². The minimum Gasteiger partial charge on any atom is -0.497 e. The molecule has 2 N–H and O–H groups in total. The topological polar surface area (TPSA) is 84.3 Å². The van der Waals surface area contributed by atoms with Crippen molar-refractivity contribution in [3.63, 3.8) is 0 Å². The molecule has 0 fully saturated rings. The van der Waals surface area contributed by atoms with Gasteiger partial charge in [0.05, 0.1) is 13.2 Å². The van der Waals surface area contributed by atoms with Crippen LogP contribution in [0.3, 0.4) is 0 Å². The molecule has 8 nitrogen and oxygen atoms in total. The van der Waals surface area contributed by atoms with E-state index < -0.39 is 0 Å². The number of likely N-dealkylation sites (N-methyl/N-ethyl adjacent to an activating group) is 1. The fourth-order valence-electron chi connectivity index (χ4n) is 3.26.